The number of hydrogen-bond donors (Lipinski definition) is 1. The van der Waals surface area contributed by atoms with Crippen molar-refractivity contribution < 1.29 is 4.79 Å². The molecular weight excluding hydrogens is 322 g/mol. The molecule has 1 saturated heterocycles. The Labute approximate surface area is 146 Å². The summed E-state index contributed by atoms with van der Waals surface area (Å²) in [7, 11) is 2.16. The van der Waals surface area contributed by atoms with Gasteiger partial charge in [-0.25, -0.2) is 15.0 Å². The molecule has 3 rings (SSSR count). The molecule has 0 aliphatic carbocycles. The van der Waals surface area contributed by atoms with Crippen molar-refractivity contribution in [2.24, 2.45) is 5.92 Å². The maximum absolute atomic E-state index is 12.0. The summed E-state index contributed by atoms with van der Waals surface area (Å²) in [4.78, 5) is 27.3. The van der Waals surface area contributed by atoms with Crippen molar-refractivity contribution in [1.82, 2.24) is 25.2 Å². The largest absolute Gasteiger partial charge is 0.350 e. The first kappa shape index (κ1) is 17.0. The molecule has 2 aromatic heterocycles. The Morgan fingerprint density at radius 2 is 2.25 bits per heavy atom. The van der Waals surface area contributed by atoms with E-state index in [2.05, 4.69) is 32.2 Å². The second-order valence-electron chi connectivity index (χ2n) is 6.30. The maximum atomic E-state index is 12.0. The first-order valence-corrected chi connectivity index (χ1v) is 9.25. The fourth-order valence-corrected chi connectivity index (χ4v) is 3.79. The zero-order valence-corrected chi connectivity index (χ0v) is 14.8. The average molecular weight is 345 g/mol. The van der Waals surface area contributed by atoms with Gasteiger partial charge in [-0.3, -0.25) is 4.79 Å². The van der Waals surface area contributed by atoms with E-state index in [1.54, 1.807) is 18.5 Å². The molecule has 0 radical (unpaired) electrons. The first-order chi connectivity index (χ1) is 11.7. The van der Waals surface area contributed by atoms with Gasteiger partial charge in [0.15, 0.2) is 10.8 Å². The van der Waals surface area contributed by atoms with Gasteiger partial charge in [0.2, 0.25) is 5.91 Å². The number of nitrogens with one attached hydrogen (secondary N) is 1. The SMILES string of the molecule is CN1CCC[C@@H](CCC(=O)NCc2csc(-c3ncccn3)n2)C1. The Hall–Kier alpha value is -1.86. The lowest BCUT2D eigenvalue weighted by Crippen LogP contribution is -2.33. The van der Waals surface area contributed by atoms with Gasteiger partial charge >= 0.3 is 0 Å². The molecule has 0 unspecified atom stereocenters. The molecule has 0 bridgehead atoms. The first-order valence-electron chi connectivity index (χ1n) is 8.38. The zero-order chi connectivity index (χ0) is 16.8. The Morgan fingerprint density at radius 3 is 3.04 bits per heavy atom. The number of amides is 1. The number of hydrogen-bond acceptors (Lipinski definition) is 6. The van der Waals surface area contributed by atoms with Gasteiger partial charge in [0, 0.05) is 30.7 Å². The smallest absolute Gasteiger partial charge is 0.220 e. The lowest BCUT2D eigenvalue weighted by Gasteiger charge is -2.29. The predicted octanol–water partition coefficient (Wildman–Crippen LogP) is 2.34. The van der Waals surface area contributed by atoms with E-state index in [9.17, 15) is 4.79 Å². The molecule has 1 aliphatic heterocycles. The number of aromatic nitrogens is 3. The molecule has 6 nitrogen and oxygen atoms in total. The van der Waals surface area contributed by atoms with Crippen LogP contribution in [-0.4, -0.2) is 45.9 Å². The average Bonchev–Trinajstić information content (AvgIpc) is 3.08. The summed E-state index contributed by atoms with van der Waals surface area (Å²) in [6, 6.07) is 1.78. The van der Waals surface area contributed by atoms with Crippen molar-refractivity contribution in [2.75, 3.05) is 20.1 Å². The van der Waals surface area contributed by atoms with Crippen LogP contribution in [0.1, 0.15) is 31.4 Å². The molecule has 128 valence electrons. The number of thiazole rings is 1. The summed E-state index contributed by atoms with van der Waals surface area (Å²) in [5.74, 6) is 1.38. The van der Waals surface area contributed by atoms with Gasteiger partial charge in [0.1, 0.15) is 0 Å². The van der Waals surface area contributed by atoms with E-state index in [0.29, 0.717) is 24.7 Å². The third-order valence-corrected chi connectivity index (χ3v) is 5.16. The van der Waals surface area contributed by atoms with Crippen LogP contribution in [-0.2, 0) is 11.3 Å². The molecule has 1 aliphatic rings. The number of piperidine rings is 1. The van der Waals surface area contributed by atoms with E-state index in [-0.39, 0.29) is 5.91 Å². The van der Waals surface area contributed by atoms with Gasteiger partial charge < -0.3 is 10.2 Å². The summed E-state index contributed by atoms with van der Waals surface area (Å²) in [6.45, 7) is 2.76. The van der Waals surface area contributed by atoms with Crippen LogP contribution in [0.4, 0.5) is 0 Å². The molecule has 2 aromatic rings. The number of nitrogens with zero attached hydrogens (tertiary/aromatic N) is 4. The van der Waals surface area contributed by atoms with Crippen molar-refractivity contribution in [1.29, 1.82) is 0 Å². The van der Waals surface area contributed by atoms with Crippen LogP contribution in [0.3, 0.4) is 0 Å². The van der Waals surface area contributed by atoms with Crippen LogP contribution >= 0.6 is 11.3 Å². The molecule has 0 saturated carbocycles. The van der Waals surface area contributed by atoms with Crippen molar-refractivity contribution in [2.45, 2.75) is 32.2 Å². The van der Waals surface area contributed by atoms with E-state index in [1.807, 2.05) is 5.38 Å². The molecule has 24 heavy (non-hydrogen) atoms. The summed E-state index contributed by atoms with van der Waals surface area (Å²) >= 11 is 1.50. The van der Waals surface area contributed by atoms with Crippen molar-refractivity contribution in [3.8, 4) is 10.8 Å². The lowest BCUT2D eigenvalue weighted by atomic mass is 9.93. The Kier molecular flexibility index (Phi) is 5.87. The van der Waals surface area contributed by atoms with Gasteiger partial charge in [0.05, 0.1) is 12.2 Å². The lowest BCUT2D eigenvalue weighted by molar-refractivity contribution is -0.121. The van der Waals surface area contributed by atoms with E-state index in [4.69, 9.17) is 0 Å². The third kappa shape index (κ3) is 4.82. The Bertz CT molecular complexity index is 660. The minimum absolute atomic E-state index is 0.105. The van der Waals surface area contributed by atoms with Gasteiger partial charge in [-0.1, -0.05) is 0 Å². The number of carbonyl (C=O) groups excluding carboxylic acids is 1. The molecule has 1 atom stereocenters. The van der Waals surface area contributed by atoms with Crippen LogP contribution in [0.2, 0.25) is 0 Å². The van der Waals surface area contributed by atoms with Gasteiger partial charge in [-0.05, 0) is 44.8 Å². The van der Waals surface area contributed by atoms with E-state index in [1.165, 1.54) is 30.7 Å². The predicted molar refractivity (Wildman–Crippen MR) is 94.4 cm³/mol. The topological polar surface area (TPSA) is 71.0 Å². The van der Waals surface area contributed by atoms with Gasteiger partial charge in [-0.2, -0.15) is 0 Å². The molecule has 1 N–H and O–H groups in total. The van der Waals surface area contributed by atoms with Crippen LogP contribution in [0, 0.1) is 5.92 Å². The maximum Gasteiger partial charge on any atom is 0.220 e. The molecule has 1 fully saturated rings. The van der Waals surface area contributed by atoms with Crippen LogP contribution in [0.25, 0.3) is 10.8 Å². The standard InChI is InChI=1S/C17H23N5OS/c1-22-9-2-4-13(11-22)5-6-15(23)20-10-14-12-24-17(21-14)16-18-7-3-8-19-16/h3,7-8,12-13H,2,4-6,9-11H2,1H3,(H,20,23)/t13-/m0/s1. The highest BCUT2D eigenvalue weighted by molar-refractivity contribution is 7.13. The second kappa shape index (κ2) is 8.30. The second-order valence-corrected chi connectivity index (χ2v) is 7.16. The minimum Gasteiger partial charge on any atom is -0.350 e. The normalized spacial score (nSPS) is 18.5. The molecule has 7 heteroatoms. The number of rotatable bonds is 6. The fraction of sp³-hybridized carbons (Fsp3) is 0.529. The highest BCUT2D eigenvalue weighted by Gasteiger charge is 2.18. The van der Waals surface area contributed by atoms with E-state index >= 15 is 0 Å². The zero-order valence-electron chi connectivity index (χ0n) is 13.9. The van der Waals surface area contributed by atoms with E-state index < -0.39 is 0 Å². The van der Waals surface area contributed by atoms with Crippen molar-refractivity contribution >= 4 is 17.2 Å². The minimum atomic E-state index is 0.105. The van der Waals surface area contributed by atoms with Crippen LogP contribution in [0.15, 0.2) is 23.8 Å². The molecular formula is C17H23N5OS. The van der Waals surface area contributed by atoms with Gasteiger partial charge in [0.25, 0.3) is 0 Å². The van der Waals surface area contributed by atoms with Gasteiger partial charge in [-0.15, -0.1) is 11.3 Å². The highest BCUT2D eigenvalue weighted by atomic mass is 32.1. The van der Waals surface area contributed by atoms with Crippen LogP contribution in [0.5, 0.6) is 0 Å². The molecule has 3 heterocycles. The highest BCUT2D eigenvalue weighted by Crippen LogP contribution is 2.21. The molecule has 1 amide bonds. The van der Waals surface area contributed by atoms with Crippen LogP contribution < -0.4 is 5.32 Å². The third-order valence-electron chi connectivity index (χ3n) is 4.28. The Morgan fingerprint density at radius 1 is 1.42 bits per heavy atom. The monoisotopic (exact) mass is 345 g/mol. The number of carbonyl (C=O) groups is 1. The molecule has 0 spiro atoms. The Balaban J connectivity index is 1.42. The fourth-order valence-electron chi connectivity index (χ4n) is 3.02. The summed E-state index contributed by atoms with van der Waals surface area (Å²) in [5, 5.41) is 5.69. The summed E-state index contributed by atoms with van der Waals surface area (Å²) in [5.41, 5.74) is 0.855. The quantitative estimate of drug-likeness (QED) is 0.870. The summed E-state index contributed by atoms with van der Waals surface area (Å²) < 4.78 is 0. The van der Waals surface area contributed by atoms with E-state index in [0.717, 1.165) is 23.7 Å². The van der Waals surface area contributed by atoms with Crippen molar-refractivity contribution in [3.05, 3.63) is 29.5 Å². The van der Waals surface area contributed by atoms with Crippen molar-refractivity contribution in [3.63, 3.8) is 0 Å². The summed E-state index contributed by atoms with van der Waals surface area (Å²) in [6.07, 6.45) is 7.45. The molecule has 0 aromatic carbocycles. The number of likely N-dealkylation sites (tertiary alicyclic amines) is 1.